The van der Waals surface area contributed by atoms with E-state index in [0.29, 0.717) is 38.3 Å². The lowest BCUT2D eigenvalue weighted by Gasteiger charge is -2.35. The van der Waals surface area contributed by atoms with Crippen molar-refractivity contribution < 1.29 is 18.0 Å². The molecule has 4 rings (SSSR count). The maximum atomic E-state index is 14.3. The number of sulfonamides is 1. The van der Waals surface area contributed by atoms with E-state index in [9.17, 15) is 18.0 Å². The number of carbonyl (C=O) groups is 2. The maximum Gasteiger partial charge on any atom is 0.264 e. The molecule has 43 heavy (non-hydrogen) atoms. The molecule has 0 heterocycles. The van der Waals surface area contributed by atoms with Gasteiger partial charge in [-0.1, -0.05) is 85.3 Å². The van der Waals surface area contributed by atoms with Crippen molar-refractivity contribution in [1.29, 1.82) is 0 Å². The van der Waals surface area contributed by atoms with E-state index in [1.165, 1.54) is 17.0 Å². The fraction of sp³-hybridized carbons (Fsp3) is 0.375. The lowest BCUT2D eigenvalue weighted by atomic mass is 9.95. The average molecular weight is 665 g/mol. The van der Waals surface area contributed by atoms with Crippen molar-refractivity contribution in [1.82, 2.24) is 10.2 Å². The summed E-state index contributed by atoms with van der Waals surface area (Å²) in [7, 11) is -4.18. The van der Waals surface area contributed by atoms with Crippen LogP contribution in [0.3, 0.4) is 0 Å². The van der Waals surface area contributed by atoms with Crippen LogP contribution in [0.2, 0.25) is 15.1 Å². The molecule has 1 atom stereocenters. The lowest BCUT2D eigenvalue weighted by molar-refractivity contribution is -0.140. The van der Waals surface area contributed by atoms with Crippen LogP contribution < -0.4 is 9.62 Å². The Balaban J connectivity index is 1.74. The van der Waals surface area contributed by atoms with Gasteiger partial charge in [0.25, 0.3) is 10.0 Å². The van der Waals surface area contributed by atoms with Crippen LogP contribution in [0.4, 0.5) is 5.69 Å². The molecule has 1 fully saturated rings. The fourth-order valence-corrected chi connectivity index (χ4v) is 7.62. The number of nitrogens with zero attached hydrogens (tertiary/aromatic N) is 2. The van der Waals surface area contributed by atoms with E-state index in [1.807, 2.05) is 6.92 Å². The molecule has 0 radical (unpaired) electrons. The lowest BCUT2D eigenvalue weighted by Crippen LogP contribution is -2.54. The van der Waals surface area contributed by atoms with Crippen LogP contribution in [0.15, 0.2) is 71.6 Å². The third-order valence-electron chi connectivity index (χ3n) is 7.73. The molecule has 0 bridgehead atoms. The molecule has 7 nitrogen and oxygen atoms in total. The minimum Gasteiger partial charge on any atom is -0.352 e. The summed E-state index contributed by atoms with van der Waals surface area (Å²) in [6, 6.07) is 16.9. The summed E-state index contributed by atoms with van der Waals surface area (Å²) in [5.74, 6) is -0.821. The third-order valence-corrected chi connectivity index (χ3v) is 10.3. The maximum absolute atomic E-state index is 14.3. The van der Waals surface area contributed by atoms with Gasteiger partial charge in [0.15, 0.2) is 0 Å². The van der Waals surface area contributed by atoms with E-state index in [1.54, 1.807) is 61.5 Å². The van der Waals surface area contributed by atoms with Crippen LogP contribution in [0.1, 0.15) is 56.6 Å². The molecule has 2 amide bonds. The minimum absolute atomic E-state index is 0.00967. The Morgan fingerprint density at radius 1 is 0.930 bits per heavy atom. The number of hydrogen-bond acceptors (Lipinski definition) is 4. The molecule has 0 aliphatic heterocycles. The highest BCUT2D eigenvalue weighted by Gasteiger charge is 2.35. The molecular formula is C32H36Cl3N3O4S. The highest BCUT2D eigenvalue weighted by molar-refractivity contribution is 7.92. The highest BCUT2D eigenvalue weighted by atomic mass is 35.5. The van der Waals surface area contributed by atoms with Gasteiger partial charge in [-0.2, -0.15) is 0 Å². The van der Waals surface area contributed by atoms with Gasteiger partial charge in [-0.25, -0.2) is 8.42 Å². The summed E-state index contributed by atoms with van der Waals surface area (Å²) in [5, 5.41) is 4.36. The van der Waals surface area contributed by atoms with E-state index in [-0.39, 0.29) is 23.4 Å². The van der Waals surface area contributed by atoms with Gasteiger partial charge < -0.3 is 10.2 Å². The number of nitrogens with one attached hydrogen (secondary N) is 1. The average Bonchev–Trinajstić information content (AvgIpc) is 2.98. The van der Waals surface area contributed by atoms with Crippen LogP contribution in [0.5, 0.6) is 0 Å². The van der Waals surface area contributed by atoms with Gasteiger partial charge in [0.2, 0.25) is 11.8 Å². The highest BCUT2D eigenvalue weighted by Crippen LogP contribution is 2.30. The van der Waals surface area contributed by atoms with E-state index < -0.39 is 28.5 Å². The van der Waals surface area contributed by atoms with Gasteiger partial charge in [0, 0.05) is 27.7 Å². The van der Waals surface area contributed by atoms with Crippen molar-refractivity contribution >= 4 is 62.3 Å². The number of aryl methyl sites for hydroxylation is 1. The summed E-state index contributed by atoms with van der Waals surface area (Å²) in [6.45, 7) is 3.01. The molecule has 0 saturated heterocycles. The molecule has 1 aliphatic rings. The third kappa shape index (κ3) is 8.24. The largest absolute Gasteiger partial charge is 0.352 e. The monoisotopic (exact) mass is 663 g/mol. The molecule has 0 spiro atoms. The Morgan fingerprint density at radius 2 is 1.58 bits per heavy atom. The topological polar surface area (TPSA) is 86.8 Å². The second-order valence-corrected chi connectivity index (χ2v) is 13.9. The molecule has 3 aromatic rings. The number of benzene rings is 3. The van der Waals surface area contributed by atoms with Crippen molar-refractivity contribution in [3.8, 4) is 0 Å². The molecule has 0 aromatic heterocycles. The molecule has 1 N–H and O–H groups in total. The predicted molar refractivity (Wildman–Crippen MR) is 173 cm³/mol. The van der Waals surface area contributed by atoms with Crippen LogP contribution in [-0.2, 0) is 26.2 Å². The Morgan fingerprint density at radius 3 is 2.21 bits per heavy atom. The zero-order valence-corrected chi connectivity index (χ0v) is 27.3. The number of carbonyl (C=O) groups excluding carboxylic acids is 2. The first-order valence-corrected chi connectivity index (χ1v) is 17.0. The molecular weight excluding hydrogens is 629 g/mol. The van der Waals surface area contributed by atoms with Crippen molar-refractivity contribution in [2.24, 2.45) is 0 Å². The van der Waals surface area contributed by atoms with Crippen molar-refractivity contribution in [2.45, 2.75) is 75.9 Å². The van der Waals surface area contributed by atoms with Crippen molar-refractivity contribution in [2.75, 3.05) is 10.8 Å². The summed E-state index contributed by atoms with van der Waals surface area (Å²) in [6.07, 6.45) is 5.31. The summed E-state index contributed by atoms with van der Waals surface area (Å²) < 4.78 is 29.1. The van der Waals surface area contributed by atoms with Gasteiger partial charge in [-0.15, -0.1) is 0 Å². The summed E-state index contributed by atoms with van der Waals surface area (Å²) in [4.78, 5) is 29.4. The Bertz CT molecular complexity index is 1550. The van der Waals surface area contributed by atoms with Gasteiger partial charge in [-0.05, 0) is 79.8 Å². The van der Waals surface area contributed by atoms with Crippen molar-refractivity contribution in [3.05, 3.63) is 92.9 Å². The van der Waals surface area contributed by atoms with Crippen LogP contribution in [-0.4, -0.2) is 43.8 Å². The zero-order chi connectivity index (χ0) is 31.1. The van der Waals surface area contributed by atoms with E-state index in [4.69, 9.17) is 34.8 Å². The minimum atomic E-state index is -4.18. The van der Waals surface area contributed by atoms with Gasteiger partial charge >= 0.3 is 0 Å². The number of halogens is 3. The standard InChI is InChI=1S/C32H36Cl3N3O4S/c1-3-29(32(40)36-26-10-6-4-7-11-26)37(20-23-14-15-25(34)19-28(23)35)31(39)21-38(30-17-16-24(33)18-22(30)2)43(41,42)27-12-8-5-9-13-27/h5,8-9,12-19,26,29H,3-4,6-7,10-11,20-21H2,1-2H3,(H,36,40)/t29-/m0/s1. The number of amides is 2. The molecule has 3 aromatic carbocycles. The SMILES string of the molecule is CC[C@@H](C(=O)NC1CCCCC1)N(Cc1ccc(Cl)cc1Cl)C(=O)CN(c1ccc(Cl)cc1C)S(=O)(=O)c1ccccc1. The van der Waals surface area contributed by atoms with Crippen molar-refractivity contribution in [3.63, 3.8) is 0 Å². The summed E-state index contributed by atoms with van der Waals surface area (Å²) in [5.41, 5.74) is 1.48. The Kier molecular flexibility index (Phi) is 11.4. The van der Waals surface area contributed by atoms with Gasteiger partial charge in [0.05, 0.1) is 10.6 Å². The predicted octanol–water partition coefficient (Wildman–Crippen LogP) is 7.41. The number of rotatable bonds is 11. The first kappa shape index (κ1) is 33.1. The normalized spacial score (nSPS) is 14.6. The van der Waals surface area contributed by atoms with E-state index in [0.717, 1.165) is 36.4 Å². The Labute approximate surface area is 269 Å². The van der Waals surface area contributed by atoms with E-state index in [2.05, 4.69) is 5.32 Å². The second kappa shape index (κ2) is 14.8. The second-order valence-electron chi connectivity index (χ2n) is 10.8. The van der Waals surface area contributed by atoms with E-state index >= 15 is 0 Å². The first-order chi connectivity index (χ1) is 20.5. The smallest absolute Gasteiger partial charge is 0.264 e. The molecule has 11 heteroatoms. The molecule has 1 aliphatic carbocycles. The number of anilines is 1. The van der Waals surface area contributed by atoms with Crippen LogP contribution in [0, 0.1) is 6.92 Å². The number of hydrogen-bond donors (Lipinski definition) is 1. The zero-order valence-electron chi connectivity index (χ0n) is 24.2. The van der Waals surface area contributed by atoms with Crippen LogP contribution in [0.25, 0.3) is 0 Å². The Hall–Kier alpha value is -2.78. The van der Waals surface area contributed by atoms with Crippen LogP contribution >= 0.6 is 34.8 Å². The fourth-order valence-electron chi connectivity index (χ4n) is 5.43. The van der Waals surface area contributed by atoms with Gasteiger partial charge in [-0.3, -0.25) is 13.9 Å². The molecule has 230 valence electrons. The quantitative estimate of drug-likeness (QED) is 0.231. The first-order valence-electron chi connectivity index (χ1n) is 14.4. The molecule has 1 saturated carbocycles. The van der Waals surface area contributed by atoms with Gasteiger partial charge in [0.1, 0.15) is 12.6 Å². The summed E-state index contributed by atoms with van der Waals surface area (Å²) >= 11 is 18.8. The molecule has 0 unspecified atom stereocenters.